The molecule has 0 bridgehead atoms. The van der Waals surface area contributed by atoms with Crippen LogP contribution in [0.4, 0.5) is 0 Å². The second kappa shape index (κ2) is 10.5. The maximum atomic E-state index is 12.6. The predicted octanol–water partition coefficient (Wildman–Crippen LogP) is 4.08. The minimum Gasteiger partial charge on any atom is -0.347 e. The predicted molar refractivity (Wildman–Crippen MR) is 132 cm³/mol. The van der Waals surface area contributed by atoms with E-state index < -0.39 is 15.9 Å². The number of benzene rings is 2. The van der Waals surface area contributed by atoms with E-state index >= 15 is 0 Å². The second-order valence-electron chi connectivity index (χ2n) is 6.87. The monoisotopic (exact) mass is 532 g/mol. The number of thiazole rings is 1. The molecule has 2 amide bonds. The Bertz CT molecular complexity index is 1420. The summed E-state index contributed by atoms with van der Waals surface area (Å²) in [7, 11) is -4.00. The highest BCUT2D eigenvalue weighted by molar-refractivity contribution is 7.91. The van der Waals surface area contributed by atoms with Crippen molar-refractivity contribution in [2.24, 2.45) is 0 Å². The summed E-state index contributed by atoms with van der Waals surface area (Å²) in [4.78, 5) is 31.5. The number of nitrogens with zero attached hydrogens (tertiary/aromatic N) is 1. The van der Waals surface area contributed by atoms with Crippen LogP contribution in [-0.2, 0) is 16.6 Å². The summed E-state index contributed by atoms with van der Waals surface area (Å²) in [5, 5.41) is 5.45. The fraction of sp³-hybridized carbons (Fsp3) is 0.0455. The third kappa shape index (κ3) is 5.88. The number of nitrogens with one attached hydrogen (secondary N) is 3. The lowest BCUT2D eigenvalue weighted by atomic mass is 10.2. The van der Waals surface area contributed by atoms with Crippen molar-refractivity contribution in [3.05, 3.63) is 93.3 Å². The van der Waals surface area contributed by atoms with Crippen molar-refractivity contribution < 1.29 is 18.0 Å². The van der Waals surface area contributed by atoms with Crippen LogP contribution in [0, 0.1) is 0 Å². The SMILES string of the molecule is O=C(NCc1ccc(S(=O)(=O)NNC(=O)c2csc(-c3ccccc3)n2)s1)c1ccc(Cl)cc1. The summed E-state index contributed by atoms with van der Waals surface area (Å²) < 4.78 is 25.1. The first kappa shape index (κ1) is 24.0. The molecule has 0 aliphatic heterocycles. The van der Waals surface area contributed by atoms with Crippen LogP contribution in [0.2, 0.25) is 5.02 Å². The normalized spacial score (nSPS) is 11.2. The van der Waals surface area contributed by atoms with Crippen molar-refractivity contribution in [1.29, 1.82) is 0 Å². The Morgan fingerprint density at radius 3 is 2.41 bits per heavy atom. The number of amides is 2. The van der Waals surface area contributed by atoms with Crippen LogP contribution in [-0.4, -0.2) is 25.2 Å². The Hall–Kier alpha value is -3.09. The highest BCUT2D eigenvalue weighted by Crippen LogP contribution is 2.24. The largest absolute Gasteiger partial charge is 0.347 e. The lowest BCUT2D eigenvalue weighted by Gasteiger charge is -2.06. The minimum absolute atomic E-state index is 0.00760. The van der Waals surface area contributed by atoms with Gasteiger partial charge in [0, 0.05) is 26.4 Å². The molecule has 4 aromatic rings. The van der Waals surface area contributed by atoms with Crippen LogP contribution in [0.15, 0.2) is 76.3 Å². The average Bonchev–Trinajstić information content (AvgIpc) is 3.53. The standard InChI is InChI=1S/C22H17ClN4O4S3/c23-16-8-6-14(7-9-16)20(28)24-12-17-10-11-19(33-17)34(30,31)27-26-21(29)18-13-32-22(25-18)15-4-2-1-3-5-15/h1-11,13,27H,12H2,(H,24,28)(H,26,29). The summed E-state index contributed by atoms with van der Waals surface area (Å²) in [5.41, 5.74) is 3.58. The van der Waals surface area contributed by atoms with Crippen molar-refractivity contribution >= 4 is 56.1 Å². The Morgan fingerprint density at radius 2 is 1.68 bits per heavy atom. The van der Waals surface area contributed by atoms with Gasteiger partial charge in [-0.15, -0.1) is 27.5 Å². The van der Waals surface area contributed by atoms with Crippen molar-refractivity contribution in [2.75, 3.05) is 0 Å². The Kier molecular flexibility index (Phi) is 7.39. The van der Waals surface area contributed by atoms with Gasteiger partial charge in [0.25, 0.3) is 21.8 Å². The minimum atomic E-state index is -4.00. The van der Waals surface area contributed by atoms with Crippen LogP contribution in [0.5, 0.6) is 0 Å². The highest BCUT2D eigenvalue weighted by atomic mass is 35.5. The van der Waals surface area contributed by atoms with Gasteiger partial charge in [0.05, 0.1) is 6.54 Å². The molecule has 2 aromatic heterocycles. The van der Waals surface area contributed by atoms with Crippen molar-refractivity contribution in [1.82, 2.24) is 20.6 Å². The second-order valence-corrected chi connectivity index (χ2v) is 11.2. The van der Waals surface area contributed by atoms with E-state index in [1.165, 1.54) is 17.4 Å². The van der Waals surface area contributed by atoms with Crippen LogP contribution in [0.25, 0.3) is 10.6 Å². The van der Waals surface area contributed by atoms with Gasteiger partial charge >= 0.3 is 0 Å². The number of rotatable bonds is 8. The smallest absolute Gasteiger partial charge is 0.285 e. The number of carbonyl (C=O) groups is 2. The molecule has 2 aromatic carbocycles. The van der Waals surface area contributed by atoms with E-state index in [0.29, 0.717) is 20.5 Å². The van der Waals surface area contributed by atoms with Crippen molar-refractivity contribution in [3.63, 3.8) is 0 Å². The molecule has 174 valence electrons. The van der Waals surface area contributed by atoms with Crippen LogP contribution >= 0.6 is 34.3 Å². The molecule has 0 saturated carbocycles. The third-order valence-electron chi connectivity index (χ3n) is 4.49. The molecule has 0 saturated heterocycles. The average molecular weight is 533 g/mol. The fourth-order valence-electron chi connectivity index (χ4n) is 2.79. The molecule has 0 radical (unpaired) electrons. The van der Waals surface area contributed by atoms with Crippen LogP contribution < -0.4 is 15.6 Å². The zero-order chi connectivity index (χ0) is 24.1. The zero-order valence-corrected chi connectivity index (χ0v) is 20.5. The van der Waals surface area contributed by atoms with E-state index in [-0.39, 0.29) is 22.4 Å². The fourth-order valence-corrected chi connectivity index (χ4v) is 5.85. The lowest BCUT2D eigenvalue weighted by molar-refractivity contribution is 0.0937. The summed E-state index contributed by atoms with van der Waals surface area (Å²) in [6, 6.07) is 18.8. The summed E-state index contributed by atoms with van der Waals surface area (Å²) in [6.07, 6.45) is 0. The van der Waals surface area contributed by atoms with E-state index in [1.54, 1.807) is 35.7 Å². The number of thiophene rings is 1. The number of hydrogen-bond acceptors (Lipinski definition) is 7. The number of aromatic nitrogens is 1. The van der Waals surface area contributed by atoms with Gasteiger partial charge in [-0.3, -0.25) is 15.0 Å². The number of carbonyl (C=O) groups excluding carboxylic acids is 2. The topological polar surface area (TPSA) is 117 Å². The first-order valence-corrected chi connectivity index (χ1v) is 13.3. The Morgan fingerprint density at radius 1 is 0.941 bits per heavy atom. The number of hydrogen-bond donors (Lipinski definition) is 3. The van der Waals surface area contributed by atoms with Crippen molar-refractivity contribution in [3.8, 4) is 10.6 Å². The summed E-state index contributed by atoms with van der Waals surface area (Å²) in [6.45, 7) is 0.148. The van der Waals surface area contributed by atoms with E-state index in [9.17, 15) is 18.0 Å². The van der Waals surface area contributed by atoms with Crippen LogP contribution in [0.3, 0.4) is 0 Å². The van der Waals surface area contributed by atoms with E-state index in [1.807, 2.05) is 30.3 Å². The van der Waals surface area contributed by atoms with Gasteiger partial charge in [-0.1, -0.05) is 41.9 Å². The van der Waals surface area contributed by atoms with E-state index in [2.05, 4.69) is 20.6 Å². The van der Waals surface area contributed by atoms with Crippen LogP contribution in [0.1, 0.15) is 25.7 Å². The first-order chi connectivity index (χ1) is 16.3. The molecule has 0 spiro atoms. The zero-order valence-electron chi connectivity index (χ0n) is 17.3. The molecule has 0 atom stereocenters. The molecule has 0 aliphatic rings. The van der Waals surface area contributed by atoms with Gasteiger partial charge in [-0.05, 0) is 36.4 Å². The molecule has 0 aliphatic carbocycles. The molecule has 0 fully saturated rings. The third-order valence-corrected chi connectivity index (χ3v) is 8.46. The van der Waals surface area contributed by atoms with E-state index in [0.717, 1.165) is 16.9 Å². The molecule has 3 N–H and O–H groups in total. The van der Waals surface area contributed by atoms with Gasteiger partial charge in [-0.25, -0.2) is 13.4 Å². The molecular formula is C22H17ClN4O4S3. The first-order valence-electron chi connectivity index (χ1n) is 9.77. The highest BCUT2D eigenvalue weighted by Gasteiger charge is 2.20. The Balaban J connectivity index is 1.33. The number of hydrazine groups is 1. The molecule has 0 unspecified atom stereocenters. The maximum absolute atomic E-state index is 12.6. The Labute approximate surface area is 208 Å². The molecule has 2 heterocycles. The quantitative estimate of drug-likeness (QED) is 0.296. The maximum Gasteiger partial charge on any atom is 0.285 e. The molecular weight excluding hydrogens is 516 g/mol. The van der Waals surface area contributed by atoms with Gasteiger partial charge < -0.3 is 5.32 Å². The number of halogens is 1. The van der Waals surface area contributed by atoms with Gasteiger partial charge in [0.2, 0.25) is 0 Å². The molecule has 34 heavy (non-hydrogen) atoms. The van der Waals surface area contributed by atoms with Crippen molar-refractivity contribution in [2.45, 2.75) is 10.8 Å². The summed E-state index contributed by atoms with van der Waals surface area (Å²) >= 11 is 8.08. The molecule has 8 nitrogen and oxygen atoms in total. The lowest BCUT2D eigenvalue weighted by Crippen LogP contribution is -2.41. The molecule has 4 rings (SSSR count). The van der Waals surface area contributed by atoms with Gasteiger partial charge in [0.1, 0.15) is 14.9 Å². The molecule has 12 heteroatoms. The van der Waals surface area contributed by atoms with E-state index in [4.69, 9.17) is 11.6 Å². The summed E-state index contributed by atoms with van der Waals surface area (Å²) in [5.74, 6) is -0.980. The van der Waals surface area contributed by atoms with Gasteiger partial charge in [-0.2, -0.15) is 0 Å². The number of sulfonamides is 1. The van der Waals surface area contributed by atoms with Gasteiger partial charge in [0.15, 0.2) is 0 Å².